The topological polar surface area (TPSA) is 91.4 Å². The number of pyridine rings is 1. The zero-order chi connectivity index (χ0) is 15.3. The SMILES string of the molecule is CS(=O)(=O)NC1CCN(C(=O)NCc2ccccn2)CC1. The lowest BCUT2D eigenvalue weighted by Crippen LogP contribution is -2.49. The number of nitrogens with one attached hydrogen (secondary N) is 2. The van der Waals surface area contributed by atoms with Gasteiger partial charge in [0.2, 0.25) is 10.0 Å². The molecule has 2 rings (SSSR count). The zero-order valence-corrected chi connectivity index (χ0v) is 12.8. The van der Waals surface area contributed by atoms with E-state index in [1.54, 1.807) is 11.1 Å². The molecule has 0 radical (unpaired) electrons. The molecule has 0 spiro atoms. The molecule has 0 aromatic carbocycles. The van der Waals surface area contributed by atoms with Crippen molar-refractivity contribution < 1.29 is 13.2 Å². The van der Waals surface area contributed by atoms with E-state index in [1.165, 1.54) is 0 Å². The number of hydrogen-bond donors (Lipinski definition) is 2. The van der Waals surface area contributed by atoms with Gasteiger partial charge in [0, 0.05) is 25.3 Å². The van der Waals surface area contributed by atoms with Gasteiger partial charge >= 0.3 is 6.03 Å². The summed E-state index contributed by atoms with van der Waals surface area (Å²) in [6.45, 7) is 1.48. The minimum atomic E-state index is -3.19. The van der Waals surface area contributed by atoms with Gasteiger partial charge in [0.1, 0.15) is 0 Å². The number of likely N-dealkylation sites (tertiary alicyclic amines) is 1. The normalized spacial score (nSPS) is 16.7. The van der Waals surface area contributed by atoms with Gasteiger partial charge in [-0.1, -0.05) is 6.07 Å². The van der Waals surface area contributed by atoms with Crippen molar-refractivity contribution in [1.82, 2.24) is 19.9 Å². The van der Waals surface area contributed by atoms with Crippen molar-refractivity contribution in [2.45, 2.75) is 25.4 Å². The van der Waals surface area contributed by atoms with Crippen molar-refractivity contribution in [2.24, 2.45) is 0 Å². The molecule has 0 saturated carbocycles. The number of nitrogens with zero attached hydrogens (tertiary/aromatic N) is 2. The quantitative estimate of drug-likeness (QED) is 0.837. The molecule has 116 valence electrons. The molecule has 0 atom stereocenters. The van der Waals surface area contributed by atoms with Crippen molar-refractivity contribution >= 4 is 16.1 Å². The van der Waals surface area contributed by atoms with E-state index in [9.17, 15) is 13.2 Å². The van der Waals surface area contributed by atoms with Crippen molar-refractivity contribution in [3.63, 3.8) is 0 Å². The highest BCUT2D eigenvalue weighted by Gasteiger charge is 2.24. The zero-order valence-electron chi connectivity index (χ0n) is 11.9. The van der Waals surface area contributed by atoms with E-state index in [0.717, 1.165) is 11.9 Å². The first kappa shape index (κ1) is 15.7. The molecule has 21 heavy (non-hydrogen) atoms. The van der Waals surface area contributed by atoms with Crippen LogP contribution in [0.1, 0.15) is 18.5 Å². The Balaban J connectivity index is 1.75. The number of amides is 2. The van der Waals surface area contributed by atoms with Gasteiger partial charge in [0.25, 0.3) is 0 Å². The summed E-state index contributed by atoms with van der Waals surface area (Å²) in [7, 11) is -3.19. The first-order valence-corrected chi connectivity index (χ1v) is 8.73. The summed E-state index contributed by atoms with van der Waals surface area (Å²) < 4.78 is 24.9. The van der Waals surface area contributed by atoms with E-state index in [1.807, 2.05) is 18.2 Å². The lowest BCUT2D eigenvalue weighted by atomic mass is 10.1. The first-order valence-electron chi connectivity index (χ1n) is 6.84. The van der Waals surface area contributed by atoms with E-state index in [4.69, 9.17) is 0 Å². The van der Waals surface area contributed by atoms with E-state index >= 15 is 0 Å². The van der Waals surface area contributed by atoms with Crippen molar-refractivity contribution in [1.29, 1.82) is 0 Å². The number of urea groups is 1. The van der Waals surface area contributed by atoms with Gasteiger partial charge in [0.05, 0.1) is 18.5 Å². The predicted octanol–water partition coefficient (Wildman–Crippen LogP) is 0.305. The van der Waals surface area contributed by atoms with Crippen LogP contribution in [-0.4, -0.2) is 49.7 Å². The van der Waals surface area contributed by atoms with Crippen LogP contribution in [0.2, 0.25) is 0 Å². The molecule has 8 heteroatoms. The molecular formula is C13H20N4O3S. The van der Waals surface area contributed by atoms with Crippen LogP contribution in [0.25, 0.3) is 0 Å². The second-order valence-electron chi connectivity index (χ2n) is 5.13. The first-order chi connectivity index (χ1) is 9.94. The number of aromatic nitrogens is 1. The molecule has 1 aliphatic rings. The number of rotatable bonds is 4. The van der Waals surface area contributed by atoms with E-state index < -0.39 is 10.0 Å². The summed E-state index contributed by atoms with van der Waals surface area (Å²) in [4.78, 5) is 17.8. The van der Waals surface area contributed by atoms with Crippen LogP contribution in [0.4, 0.5) is 4.79 Å². The minimum Gasteiger partial charge on any atom is -0.332 e. The fraction of sp³-hybridized carbons (Fsp3) is 0.538. The summed E-state index contributed by atoms with van der Waals surface area (Å²) >= 11 is 0. The van der Waals surface area contributed by atoms with Crippen LogP contribution >= 0.6 is 0 Å². The van der Waals surface area contributed by atoms with Crippen LogP contribution < -0.4 is 10.0 Å². The fourth-order valence-electron chi connectivity index (χ4n) is 2.28. The van der Waals surface area contributed by atoms with Gasteiger partial charge in [-0.3, -0.25) is 4.98 Å². The van der Waals surface area contributed by atoms with E-state index in [-0.39, 0.29) is 12.1 Å². The monoisotopic (exact) mass is 312 g/mol. The van der Waals surface area contributed by atoms with Crippen molar-refractivity contribution in [3.05, 3.63) is 30.1 Å². The lowest BCUT2D eigenvalue weighted by Gasteiger charge is -2.31. The highest BCUT2D eigenvalue weighted by molar-refractivity contribution is 7.88. The van der Waals surface area contributed by atoms with Gasteiger partial charge in [-0.25, -0.2) is 17.9 Å². The van der Waals surface area contributed by atoms with Gasteiger partial charge in [-0.15, -0.1) is 0 Å². The molecule has 1 aromatic rings. The van der Waals surface area contributed by atoms with E-state index in [2.05, 4.69) is 15.0 Å². The molecule has 2 heterocycles. The second kappa shape index (κ2) is 6.86. The van der Waals surface area contributed by atoms with Gasteiger partial charge < -0.3 is 10.2 Å². The lowest BCUT2D eigenvalue weighted by molar-refractivity contribution is 0.179. The molecule has 7 nitrogen and oxygen atoms in total. The molecule has 0 unspecified atom stereocenters. The summed E-state index contributed by atoms with van der Waals surface area (Å²) in [5.41, 5.74) is 0.805. The third kappa shape index (κ3) is 5.31. The van der Waals surface area contributed by atoms with Crippen molar-refractivity contribution in [3.8, 4) is 0 Å². The molecule has 2 N–H and O–H groups in total. The third-order valence-electron chi connectivity index (χ3n) is 3.31. The molecule has 1 fully saturated rings. The third-order valence-corrected chi connectivity index (χ3v) is 4.07. The Hall–Kier alpha value is -1.67. The van der Waals surface area contributed by atoms with Gasteiger partial charge in [-0.2, -0.15) is 0 Å². The van der Waals surface area contributed by atoms with Crippen LogP contribution in [0, 0.1) is 0 Å². The van der Waals surface area contributed by atoms with Gasteiger partial charge in [-0.05, 0) is 25.0 Å². The molecule has 1 saturated heterocycles. The fourth-order valence-corrected chi connectivity index (χ4v) is 3.13. The Morgan fingerprint density at radius 3 is 2.67 bits per heavy atom. The smallest absolute Gasteiger partial charge is 0.317 e. The summed E-state index contributed by atoms with van der Waals surface area (Å²) in [5.74, 6) is 0. The van der Waals surface area contributed by atoms with E-state index in [0.29, 0.717) is 32.5 Å². The average molecular weight is 312 g/mol. The molecule has 0 aliphatic carbocycles. The van der Waals surface area contributed by atoms with Crippen LogP contribution in [0.15, 0.2) is 24.4 Å². The Bertz CT molecular complexity index is 568. The number of piperidine rings is 1. The molecule has 1 aliphatic heterocycles. The predicted molar refractivity (Wildman–Crippen MR) is 79.0 cm³/mol. The summed E-state index contributed by atoms with van der Waals surface area (Å²) in [6.07, 6.45) is 4.09. The molecule has 1 aromatic heterocycles. The Morgan fingerprint density at radius 2 is 2.10 bits per heavy atom. The van der Waals surface area contributed by atoms with Crippen LogP contribution in [0.3, 0.4) is 0 Å². The number of hydrogen-bond acceptors (Lipinski definition) is 4. The maximum absolute atomic E-state index is 12.0. The maximum atomic E-state index is 12.0. The van der Waals surface area contributed by atoms with Crippen LogP contribution in [-0.2, 0) is 16.6 Å². The van der Waals surface area contributed by atoms with Crippen LogP contribution in [0.5, 0.6) is 0 Å². The Labute approximate surface area is 124 Å². The maximum Gasteiger partial charge on any atom is 0.317 e. The van der Waals surface area contributed by atoms with Crippen molar-refractivity contribution in [2.75, 3.05) is 19.3 Å². The standard InChI is InChI=1S/C13H20N4O3S/c1-21(19,20)16-11-5-8-17(9-6-11)13(18)15-10-12-4-2-3-7-14-12/h2-4,7,11,16H,5-6,8-10H2,1H3,(H,15,18). The second-order valence-corrected chi connectivity index (χ2v) is 6.91. The highest BCUT2D eigenvalue weighted by atomic mass is 32.2. The summed E-state index contributed by atoms with van der Waals surface area (Å²) in [6, 6.07) is 5.32. The minimum absolute atomic E-state index is 0.0835. The summed E-state index contributed by atoms with van der Waals surface area (Å²) in [5, 5.41) is 2.82. The molecule has 2 amide bonds. The number of sulfonamides is 1. The number of carbonyl (C=O) groups is 1. The number of carbonyl (C=O) groups excluding carboxylic acids is 1. The average Bonchev–Trinajstić information content (AvgIpc) is 2.45. The Kier molecular flexibility index (Phi) is 5.13. The van der Waals surface area contributed by atoms with Gasteiger partial charge in [0.15, 0.2) is 0 Å². The highest BCUT2D eigenvalue weighted by Crippen LogP contribution is 2.11. The molecule has 0 bridgehead atoms. The Morgan fingerprint density at radius 1 is 1.38 bits per heavy atom. The molecular weight excluding hydrogens is 292 g/mol. The largest absolute Gasteiger partial charge is 0.332 e.